The van der Waals surface area contributed by atoms with Gasteiger partial charge in [-0.1, -0.05) is 52.0 Å². The number of benzene rings is 1. The molecule has 0 aromatic heterocycles. The first-order chi connectivity index (χ1) is 8.44. The summed E-state index contributed by atoms with van der Waals surface area (Å²) in [4.78, 5) is 0. The minimum absolute atomic E-state index is 0.277. The van der Waals surface area contributed by atoms with Crippen LogP contribution < -0.4 is 5.32 Å². The molecule has 0 atom stereocenters. The van der Waals surface area contributed by atoms with Crippen molar-refractivity contribution in [2.24, 2.45) is 5.41 Å². The SMILES string of the molecule is CC(C)c1ccc(CNCC(C)(C)CCCl)cc1. The quantitative estimate of drug-likeness (QED) is 0.715. The Morgan fingerprint density at radius 2 is 1.78 bits per heavy atom. The Labute approximate surface area is 117 Å². The maximum atomic E-state index is 5.80. The lowest BCUT2D eigenvalue weighted by molar-refractivity contribution is 0.329. The lowest BCUT2D eigenvalue weighted by atomic mass is 9.90. The molecular weight excluding hydrogens is 242 g/mol. The Morgan fingerprint density at radius 1 is 1.17 bits per heavy atom. The fourth-order valence-electron chi connectivity index (χ4n) is 1.91. The molecule has 0 saturated carbocycles. The van der Waals surface area contributed by atoms with Crippen molar-refractivity contribution in [3.05, 3.63) is 35.4 Å². The molecule has 1 rings (SSSR count). The van der Waals surface area contributed by atoms with Gasteiger partial charge in [0.2, 0.25) is 0 Å². The van der Waals surface area contributed by atoms with E-state index in [1.54, 1.807) is 0 Å². The van der Waals surface area contributed by atoms with Gasteiger partial charge in [0.05, 0.1) is 0 Å². The van der Waals surface area contributed by atoms with E-state index < -0.39 is 0 Å². The van der Waals surface area contributed by atoms with E-state index in [9.17, 15) is 0 Å². The van der Waals surface area contributed by atoms with E-state index in [1.807, 2.05) is 0 Å². The molecule has 0 heterocycles. The molecular formula is C16H26ClN. The Kier molecular flexibility index (Phi) is 6.17. The molecule has 0 spiro atoms. The van der Waals surface area contributed by atoms with Crippen molar-refractivity contribution in [2.45, 2.75) is 46.6 Å². The molecule has 0 unspecified atom stereocenters. The summed E-state index contributed by atoms with van der Waals surface area (Å²) >= 11 is 5.80. The molecule has 0 amide bonds. The predicted octanol–water partition coefficient (Wildman–Crippen LogP) is 4.55. The fraction of sp³-hybridized carbons (Fsp3) is 0.625. The number of hydrogen-bond donors (Lipinski definition) is 1. The van der Waals surface area contributed by atoms with E-state index in [2.05, 4.69) is 57.3 Å². The van der Waals surface area contributed by atoms with Crippen LogP contribution in [0.25, 0.3) is 0 Å². The van der Waals surface area contributed by atoms with E-state index in [-0.39, 0.29) is 5.41 Å². The van der Waals surface area contributed by atoms with Crippen LogP contribution in [-0.4, -0.2) is 12.4 Å². The summed E-state index contributed by atoms with van der Waals surface area (Å²) in [6.45, 7) is 10.9. The Bertz CT molecular complexity index is 341. The van der Waals surface area contributed by atoms with Crippen molar-refractivity contribution in [1.82, 2.24) is 5.32 Å². The predicted molar refractivity (Wildman–Crippen MR) is 81.4 cm³/mol. The van der Waals surface area contributed by atoms with E-state index in [1.165, 1.54) is 11.1 Å². The number of hydrogen-bond acceptors (Lipinski definition) is 1. The van der Waals surface area contributed by atoms with Crippen LogP contribution in [0, 0.1) is 5.41 Å². The maximum Gasteiger partial charge on any atom is 0.0229 e. The molecule has 1 nitrogen and oxygen atoms in total. The number of halogens is 1. The third-order valence-corrected chi connectivity index (χ3v) is 3.54. The summed E-state index contributed by atoms with van der Waals surface area (Å²) in [6.07, 6.45) is 1.05. The molecule has 0 aliphatic rings. The van der Waals surface area contributed by atoms with E-state index in [4.69, 9.17) is 11.6 Å². The zero-order valence-electron chi connectivity index (χ0n) is 12.1. The Balaban J connectivity index is 2.40. The molecule has 2 heteroatoms. The van der Waals surface area contributed by atoms with Crippen LogP contribution in [0.1, 0.15) is 51.2 Å². The van der Waals surface area contributed by atoms with Gasteiger partial charge in [0, 0.05) is 19.0 Å². The second kappa shape index (κ2) is 7.16. The van der Waals surface area contributed by atoms with Gasteiger partial charge in [-0.2, -0.15) is 0 Å². The summed E-state index contributed by atoms with van der Waals surface area (Å²) in [5.41, 5.74) is 3.03. The van der Waals surface area contributed by atoms with E-state index in [0.717, 1.165) is 25.4 Å². The zero-order chi connectivity index (χ0) is 13.6. The standard InChI is InChI=1S/C16H26ClN/c1-13(2)15-7-5-14(6-8-15)11-18-12-16(3,4)9-10-17/h5-8,13,18H,9-12H2,1-4H3. The molecule has 1 aromatic rings. The molecule has 102 valence electrons. The molecule has 0 aliphatic heterocycles. The highest BCUT2D eigenvalue weighted by molar-refractivity contribution is 6.17. The second-order valence-corrected chi connectivity index (χ2v) is 6.48. The van der Waals surface area contributed by atoms with Gasteiger partial charge in [-0.15, -0.1) is 11.6 Å². The van der Waals surface area contributed by atoms with Gasteiger partial charge in [0.25, 0.3) is 0 Å². The molecule has 0 radical (unpaired) electrons. The van der Waals surface area contributed by atoms with Crippen molar-refractivity contribution >= 4 is 11.6 Å². The third-order valence-electron chi connectivity index (χ3n) is 3.35. The zero-order valence-corrected chi connectivity index (χ0v) is 12.8. The fourth-order valence-corrected chi connectivity index (χ4v) is 2.42. The van der Waals surface area contributed by atoms with Crippen molar-refractivity contribution in [1.29, 1.82) is 0 Å². The van der Waals surface area contributed by atoms with Gasteiger partial charge < -0.3 is 5.32 Å². The van der Waals surface area contributed by atoms with Crippen LogP contribution in [0.3, 0.4) is 0 Å². The van der Waals surface area contributed by atoms with Crippen molar-refractivity contribution in [3.8, 4) is 0 Å². The van der Waals surface area contributed by atoms with Crippen LogP contribution in [0.15, 0.2) is 24.3 Å². The summed E-state index contributed by atoms with van der Waals surface area (Å²) < 4.78 is 0. The van der Waals surface area contributed by atoms with Gasteiger partial charge in [-0.05, 0) is 28.9 Å². The lowest BCUT2D eigenvalue weighted by Crippen LogP contribution is -2.29. The summed E-state index contributed by atoms with van der Waals surface area (Å²) in [6, 6.07) is 8.89. The summed E-state index contributed by atoms with van der Waals surface area (Å²) in [7, 11) is 0. The highest BCUT2D eigenvalue weighted by Gasteiger charge is 2.15. The van der Waals surface area contributed by atoms with Gasteiger partial charge in [-0.3, -0.25) is 0 Å². The summed E-state index contributed by atoms with van der Waals surface area (Å²) in [5, 5.41) is 3.52. The van der Waals surface area contributed by atoms with E-state index >= 15 is 0 Å². The molecule has 0 fully saturated rings. The smallest absolute Gasteiger partial charge is 0.0229 e. The van der Waals surface area contributed by atoms with Crippen molar-refractivity contribution in [3.63, 3.8) is 0 Å². The molecule has 18 heavy (non-hydrogen) atoms. The van der Waals surface area contributed by atoms with Crippen LogP contribution >= 0.6 is 11.6 Å². The minimum Gasteiger partial charge on any atom is -0.312 e. The Morgan fingerprint density at radius 3 is 2.28 bits per heavy atom. The molecule has 0 saturated heterocycles. The first kappa shape index (κ1) is 15.5. The molecule has 0 aliphatic carbocycles. The number of alkyl halides is 1. The van der Waals surface area contributed by atoms with Gasteiger partial charge in [0.15, 0.2) is 0 Å². The van der Waals surface area contributed by atoms with Crippen LogP contribution in [-0.2, 0) is 6.54 Å². The number of nitrogens with one attached hydrogen (secondary N) is 1. The summed E-state index contributed by atoms with van der Waals surface area (Å²) in [5.74, 6) is 1.34. The second-order valence-electron chi connectivity index (χ2n) is 6.10. The van der Waals surface area contributed by atoms with Crippen molar-refractivity contribution in [2.75, 3.05) is 12.4 Å². The lowest BCUT2D eigenvalue weighted by Gasteiger charge is -2.24. The first-order valence-electron chi connectivity index (χ1n) is 6.80. The van der Waals surface area contributed by atoms with Gasteiger partial charge >= 0.3 is 0 Å². The third kappa shape index (κ3) is 5.41. The maximum absolute atomic E-state index is 5.80. The Hall–Kier alpha value is -0.530. The highest BCUT2D eigenvalue weighted by Crippen LogP contribution is 2.20. The largest absolute Gasteiger partial charge is 0.312 e. The van der Waals surface area contributed by atoms with Crippen molar-refractivity contribution < 1.29 is 0 Å². The molecule has 0 bridgehead atoms. The monoisotopic (exact) mass is 267 g/mol. The van der Waals surface area contributed by atoms with Crippen LogP contribution in [0.5, 0.6) is 0 Å². The highest BCUT2D eigenvalue weighted by atomic mass is 35.5. The van der Waals surface area contributed by atoms with Crippen LogP contribution in [0.2, 0.25) is 0 Å². The first-order valence-corrected chi connectivity index (χ1v) is 7.33. The van der Waals surface area contributed by atoms with E-state index in [0.29, 0.717) is 5.92 Å². The topological polar surface area (TPSA) is 12.0 Å². The average Bonchev–Trinajstić information content (AvgIpc) is 2.29. The minimum atomic E-state index is 0.277. The molecule has 1 aromatic carbocycles. The van der Waals surface area contributed by atoms with Gasteiger partial charge in [-0.25, -0.2) is 0 Å². The average molecular weight is 268 g/mol. The normalized spacial score (nSPS) is 12.1. The van der Waals surface area contributed by atoms with Gasteiger partial charge in [0.1, 0.15) is 0 Å². The molecule has 1 N–H and O–H groups in total. The van der Waals surface area contributed by atoms with Crippen LogP contribution in [0.4, 0.5) is 0 Å². The number of rotatable bonds is 7.